The molecule has 0 saturated heterocycles. The predicted octanol–water partition coefficient (Wildman–Crippen LogP) is 3.16. The summed E-state index contributed by atoms with van der Waals surface area (Å²) in [6.45, 7) is 3.77. The molecule has 2 aliphatic rings. The highest BCUT2D eigenvalue weighted by atomic mass is 16.2. The number of nitrogens with zero attached hydrogens (tertiary/aromatic N) is 1. The number of aryl methyl sites for hydroxylation is 1. The van der Waals surface area contributed by atoms with Gasteiger partial charge in [0, 0.05) is 47.6 Å². The molecule has 1 aromatic carbocycles. The van der Waals surface area contributed by atoms with Crippen molar-refractivity contribution >= 4 is 16.8 Å². The zero-order valence-corrected chi connectivity index (χ0v) is 11.9. The van der Waals surface area contributed by atoms with Crippen LogP contribution < -0.4 is 0 Å². The van der Waals surface area contributed by atoms with Gasteiger partial charge in [-0.05, 0) is 31.4 Å². The average Bonchev–Trinajstić information content (AvgIpc) is 2.72. The Kier molecular flexibility index (Phi) is 2.62. The zero-order valence-electron chi connectivity index (χ0n) is 11.9. The number of hydrogen-bond acceptors (Lipinski definition) is 1. The summed E-state index contributed by atoms with van der Waals surface area (Å²) in [5.41, 5.74) is 5.15. The molecule has 0 bridgehead atoms. The Hall–Kier alpha value is -1.77. The molecule has 1 saturated carbocycles. The summed E-state index contributed by atoms with van der Waals surface area (Å²) in [5.74, 6) is 0.687. The summed E-state index contributed by atoms with van der Waals surface area (Å²) in [6.07, 6.45) is 4.37. The lowest BCUT2D eigenvalue weighted by Crippen LogP contribution is -2.41. The molecule has 0 spiro atoms. The Balaban J connectivity index is 1.67. The number of rotatable bonds is 1. The maximum absolute atomic E-state index is 12.4. The Bertz CT molecular complexity index is 682. The summed E-state index contributed by atoms with van der Waals surface area (Å²) in [7, 11) is 0. The second-order valence-corrected chi connectivity index (χ2v) is 6.27. The number of fused-ring (bicyclic) bond motifs is 3. The van der Waals surface area contributed by atoms with Gasteiger partial charge in [0.05, 0.1) is 0 Å². The van der Waals surface area contributed by atoms with Crippen LogP contribution in [-0.4, -0.2) is 22.3 Å². The molecule has 1 aromatic heterocycles. The van der Waals surface area contributed by atoms with Crippen molar-refractivity contribution in [2.45, 2.75) is 39.2 Å². The highest BCUT2D eigenvalue weighted by Crippen LogP contribution is 2.32. The van der Waals surface area contributed by atoms with Crippen molar-refractivity contribution in [3.8, 4) is 0 Å². The van der Waals surface area contributed by atoms with E-state index in [0.29, 0.717) is 11.8 Å². The third-order valence-corrected chi connectivity index (χ3v) is 4.90. The second kappa shape index (κ2) is 4.37. The second-order valence-electron chi connectivity index (χ2n) is 6.27. The predicted molar refractivity (Wildman–Crippen MR) is 79.5 cm³/mol. The lowest BCUT2D eigenvalue weighted by atomic mass is 9.84. The molecule has 0 radical (unpaired) electrons. The van der Waals surface area contributed by atoms with Crippen molar-refractivity contribution in [3.63, 3.8) is 0 Å². The third-order valence-electron chi connectivity index (χ3n) is 4.90. The first kappa shape index (κ1) is 12.0. The minimum atomic E-state index is 0.309. The maximum Gasteiger partial charge on any atom is 0.225 e. The van der Waals surface area contributed by atoms with Gasteiger partial charge in [-0.3, -0.25) is 4.79 Å². The smallest absolute Gasteiger partial charge is 0.225 e. The standard InChI is InChI=1S/C17H20N2O/c1-11-5-6-13-14-10-19(17(20)12-3-2-4-12)8-7-15(14)18-16(13)9-11/h5-6,9,12,18H,2-4,7-8,10H2,1H3. The van der Waals surface area contributed by atoms with Crippen LogP contribution in [0.15, 0.2) is 18.2 Å². The van der Waals surface area contributed by atoms with Crippen molar-refractivity contribution in [1.82, 2.24) is 9.88 Å². The lowest BCUT2D eigenvalue weighted by molar-refractivity contribution is -0.139. The largest absolute Gasteiger partial charge is 0.358 e. The third kappa shape index (κ3) is 1.76. The van der Waals surface area contributed by atoms with Gasteiger partial charge in [-0.2, -0.15) is 0 Å². The number of aromatic amines is 1. The van der Waals surface area contributed by atoms with Crippen molar-refractivity contribution in [1.29, 1.82) is 0 Å². The quantitative estimate of drug-likeness (QED) is 0.847. The first-order chi connectivity index (χ1) is 9.72. The van der Waals surface area contributed by atoms with Gasteiger partial charge in [0.15, 0.2) is 0 Å². The number of amides is 1. The van der Waals surface area contributed by atoms with Gasteiger partial charge in [0.25, 0.3) is 0 Å². The molecule has 1 fully saturated rings. The molecule has 1 aliphatic heterocycles. The summed E-state index contributed by atoms with van der Waals surface area (Å²) in [6, 6.07) is 6.55. The number of hydrogen-bond donors (Lipinski definition) is 1. The fourth-order valence-corrected chi connectivity index (χ4v) is 3.44. The minimum absolute atomic E-state index is 0.309. The van der Waals surface area contributed by atoms with E-state index in [1.807, 2.05) is 0 Å². The molecular weight excluding hydrogens is 248 g/mol. The molecule has 3 heteroatoms. The van der Waals surface area contributed by atoms with Crippen molar-refractivity contribution in [2.24, 2.45) is 5.92 Å². The van der Waals surface area contributed by atoms with Crippen LogP contribution in [0.25, 0.3) is 10.9 Å². The molecule has 0 unspecified atom stereocenters. The number of H-pyrrole nitrogens is 1. The number of benzene rings is 1. The Labute approximate surface area is 119 Å². The summed E-state index contributed by atoms with van der Waals surface area (Å²) in [4.78, 5) is 18.0. The highest BCUT2D eigenvalue weighted by Gasteiger charge is 2.32. The molecule has 4 rings (SSSR count). The first-order valence-electron chi connectivity index (χ1n) is 7.61. The molecule has 1 aliphatic carbocycles. The van der Waals surface area contributed by atoms with Gasteiger partial charge in [0.1, 0.15) is 0 Å². The molecule has 3 nitrogen and oxygen atoms in total. The molecule has 0 atom stereocenters. The molecule has 1 N–H and O–H groups in total. The fraction of sp³-hybridized carbons (Fsp3) is 0.471. The van der Waals surface area contributed by atoms with Gasteiger partial charge in [-0.25, -0.2) is 0 Å². The van der Waals surface area contributed by atoms with Crippen molar-refractivity contribution in [2.75, 3.05) is 6.54 Å². The number of carbonyl (C=O) groups excluding carboxylic acids is 1. The van der Waals surface area contributed by atoms with Gasteiger partial charge < -0.3 is 9.88 Å². The van der Waals surface area contributed by atoms with Crippen LogP contribution in [-0.2, 0) is 17.8 Å². The van der Waals surface area contributed by atoms with Gasteiger partial charge in [-0.15, -0.1) is 0 Å². The van der Waals surface area contributed by atoms with E-state index < -0.39 is 0 Å². The van der Waals surface area contributed by atoms with E-state index >= 15 is 0 Å². The molecule has 20 heavy (non-hydrogen) atoms. The van der Waals surface area contributed by atoms with Gasteiger partial charge in [0.2, 0.25) is 5.91 Å². The number of nitrogens with one attached hydrogen (secondary N) is 1. The van der Waals surface area contributed by atoms with Crippen molar-refractivity contribution in [3.05, 3.63) is 35.0 Å². The highest BCUT2D eigenvalue weighted by molar-refractivity contribution is 5.87. The van der Waals surface area contributed by atoms with Crippen molar-refractivity contribution < 1.29 is 4.79 Å². The van der Waals surface area contributed by atoms with E-state index in [1.54, 1.807) is 0 Å². The van der Waals surface area contributed by atoms with E-state index in [-0.39, 0.29) is 0 Å². The Morgan fingerprint density at radius 3 is 2.95 bits per heavy atom. The SMILES string of the molecule is Cc1ccc2c3c([nH]c2c1)CCN(C(=O)C1CCC1)C3. The molecule has 2 heterocycles. The van der Waals surface area contributed by atoms with Crippen LogP contribution in [0.3, 0.4) is 0 Å². The topological polar surface area (TPSA) is 36.1 Å². The van der Waals surface area contributed by atoms with Crippen LogP contribution in [0.5, 0.6) is 0 Å². The summed E-state index contributed by atoms with van der Waals surface area (Å²) < 4.78 is 0. The Morgan fingerprint density at radius 2 is 2.20 bits per heavy atom. The zero-order chi connectivity index (χ0) is 13.7. The van der Waals surface area contributed by atoms with E-state index in [9.17, 15) is 4.79 Å². The first-order valence-corrected chi connectivity index (χ1v) is 7.61. The monoisotopic (exact) mass is 268 g/mol. The van der Waals surface area contributed by atoms with E-state index in [1.165, 1.54) is 34.1 Å². The summed E-state index contributed by atoms with van der Waals surface area (Å²) >= 11 is 0. The number of aromatic nitrogens is 1. The Morgan fingerprint density at radius 1 is 1.35 bits per heavy atom. The number of carbonyl (C=O) groups is 1. The maximum atomic E-state index is 12.4. The lowest BCUT2D eigenvalue weighted by Gasteiger charge is -2.34. The molecule has 1 amide bonds. The normalized spacial score (nSPS) is 18.9. The van der Waals surface area contributed by atoms with Crippen LogP contribution in [0, 0.1) is 12.8 Å². The van der Waals surface area contributed by atoms with Gasteiger partial charge >= 0.3 is 0 Å². The summed E-state index contributed by atoms with van der Waals surface area (Å²) in [5, 5.41) is 1.29. The van der Waals surface area contributed by atoms with E-state index in [4.69, 9.17) is 0 Å². The van der Waals surface area contributed by atoms with Crippen LogP contribution in [0.2, 0.25) is 0 Å². The van der Waals surface area contributed by atoms with Crippen LogP contribution in [0.4, 0.5) is 0 Å². The van der Waals surface area contributed by atoms with E-state index in [2.05, 4.69) is 35.0 Å². The molecular formula is C17H20N2O. The van der Waals surface area contributed by atoms with Crippen LogP contribution in [0.1, 0.15) is 36.1 Å². The molecule has 2 aromatic rings. The van der Waals surface area contributed by atoms with Crippen LogP contribution >= 0.6 is 0 Å². The average molecular weight is 268 g/mol. The fourth-order valence-electron chi connectivity index (χ4n) is 3.44. The molecule has 104 valence electrons. The van der Waals surface area contributed by atoms with E-state index in [0.717, 1.165) is 32.4 Å². The van der Waals surface area contributed by atoms with Gasteiger partial charge in [-0.1, -0.05) is 18.6 Å². The minimum Gasteiger partial charge on any atom is -0.358 e.